The third-order valence-corrected chi connectivity index (χ3v) is 2.10. The summed E-state index contributed by atoms with van der Waals surface area (Å²) in [6.45, 7) is 9.12. The lowest BCUT2D eigenvalue weighted by molar-refractivity contribution is 0.0635. The highest BCUT2D eigenvalue weighted by Gasteiger charge is 2.18. The Labute approximate surface area is 107 Å². The van der Waals surface area contributed by atoms with Crippen molar-refractivity contribution < 1.29 is 13.9 Å². The monoisotopic (exact) mass is 254 g/mol. The van der Waals surface area contributed by atoms with Gasteiger partial charge in [0.05, 0.1) is 11.9 Å². The summed E-state index contributed by atoms with van der Waals surface area (Å²) < 4.78 is 18.6. The molecule has 5 heteroatoms. The molecule has 0 unspecified atom stereocenters. The van der Waals surface area contributed by atoms with Crippen LogP contribution >= 0.6 is 0 Å². The first-order valence-electron chi connectivity index (χ1n) is 5.84. The van der Waals surface area contributed by atoms with E-state index in [-0.39, 0.29) is 11.6 Å². The number of carbonyl (C=O) groups excluding carboxylic acids is 1. The van der Waals surface area contributed by atoms with Gasteiger partial charge in [-0.05, 0) is 32.8 Å². The molecule has 0 bridgehead atoms. The molecule has 1 aromatic rings. The molecule has 0 aliphatic carbocycles. The summed E-state index contributed by atoms with van der Waals surface area (Å²) >= 11 is 0. The van der Waals surface area contributed by atoms with Crippen molar-refractivity contribution in [3.05, 3.63) is 23.8 Å². The normalized spacial score (nSPS) is 11.5. The molecular formula is C13H19FN2O2. The predicted octanol–water partition coefficient (Wildman–Crippen LogP) is 3.69. The van der Waals surface area contributed by atoms with Gasteiger partial charge in [-0.1, -0.05) is 13.8 Å². The van der Waals surface area contributed by atoms with Gasteiger partial charge in [0.15, 0.2) is 5.82 Å². The SMILES string of the molecule is CC(C)c1cc(NC(=O)OC(C)(C)C)c(F)cn1. The number of rotatable bonds is 2. The van der Waals surface area contributed by atoms with Crippen LogP contribution in [0.4, 0.5) is 14.9 Å². The summed E-state index contributed by atoms with van der Waals surface area (Å²) in [4.78, 5) is 15.5. The fourth-order valence-electron chi connectivity index (χ4n) is 1.28. The van der Waals surface area contributed by atoms with Crippen LogP contribution in [-0.2, 0) is 4.74 Å². The minimum Gasteiger partial charge on any atom is -0.444 e. The maximum absolute atomic E-state index is 13.5. The van der Waals surface area contributed by atoms with Gasteiger partial charge in [0, 0.05) is 5.69 Å². The summed E-state index contributed by atoms with van der Waals surface area (Å²) in [7, 11) is 0. The van der Waals surface area contributed by atoms with Crippen LogP contribution in [0.1, 0.15) is 46.2 Å². The molecule has 0 aliphatic heterocycles. The summed E-state index contributed by atoms with van der Waals surface area (Å²) in [5.74, 6) is -0.421. The molecule has 0 saturated carbocycles. The molecule has 0 spiro atoms. The maximum atomic E-state index is 13.5. The van der Waals surface area contributed by atoms with Crippen LogP contribution in [0.25, 0.3) is 0 Å². The molecule has 100 valence electrons. The van der Waals surface area contributed by atoms with Crippen molar-refractivity contribution in [3.8, 4) is 0 Å². The Balaban J connectivity index is 2.84. The van der Waals surface area contributed by atoms with Crippen molar-refractivity contribution in [2.24, 2.45) is 0 Å². The first-order chi connectivity index (χ1) is 8.19. The Morgan fingerprint density at radius 3 is 2.56 bits per heavy atom. The summed E-state index contributed by atoms with van der Waals surface area (Å²) in [6, 6.07) is 1.52. The van der Waals surface area contributed by atoms with Gasteiger partial charge in [-0.25, -0.2) is 9.18 Å². The molecule has 0 aromatic carbocycles. The molecule has 18 heavy (non-hydrogen) atoms. The molecule has 0 saturated heterocycles. The zero-order valence-electron chi connectivity index (χ0n) is 11.4. The minimum atomic E-state index is -0.678. The molecular weight excluding hydrogens is 235 g/mol. The van der Waals surface area contributed by atoms with E-state index in [1.807, 2.05) is 13.8 Å². The van der Waals surface area contributed by atoms with Crippen LogP contribution in [-0.4, -0.2) is 16.7 Å². The number of amides is 1. The van der Waals surface area contributed by atoms with E-state index in [0.29, 0.717) is 5.69 Å². The zero-order valence-corrected chi connectivity index (χ0v) is 11.4. The smallest absolute Gasteiger partial charge is 0.412 e. The van der Waals surface area contributed by atoms with Crippen molar-refractivity contribution in [2.75, 3.05) is 5.32 Å². The summed E-state index contributed by atoms with van der Waals surface area (Å²) in [5.41, 5.74) is 0.180. The van der Waals surface area contributed by atoms with E-state index in [4.69, 9.17) is 4.74 Å². The maximum Gasteiger partial charge on any atom is 0.412 e. The lowest BCUT2D eigenvalue weighted by Crippen LogP contribution is -2.27. The van der Waals surface area contributed by atoms with Crippen LogP contribution in [0.15, 0.2) is 12.3 Å². The molecule has 0 atom stereocenters. The van der Waals surface area contributed by atoms with Crippen LogP contribution in [0.2, 0.25) is 0 Å². The highest BCUT2D eigenvalue weighted by atomic mass is 19.1. The Hall–Kier alpha value is -1.65. The number of nitrogens with one attached hydrogen (secondary N) is 1. The molecule has 4 nitrogen and oxygen atoms in total. The van der Waals surface area contributed by atoms with Gasteiger partial charge in [-0.3, -0.25) is 10.3 Å². The molecule has 1 N–H and O–H groups in total. The summed E-state index contributed by atoms with van der Waals surface area (Å²) in [6.07, 6.45) is 0.421. The molecule has 1 aromatic heterocycles. The lowest BCUT2D eigenvalue weighted by atomic mass is 10.1. The van der Waals surface area contributed by atoms with Crippen molar-refractivity contribution in [1.82, 2.24) is 4.98 Å². The van der Waals surface area contributed by atoms with E-state index in [1.165, 1.54) is 6.07 Å². The van der Waals surface area contributed by atoms with Crippen molar-refractivity contribution in [3.63, 3.8) is 0 Å². The minimum absolute atomic E-state index is 0.0861. The fourth-order valence-corrected chi connectivity index (χ4v) is 1.28. The van der Waals surface area contributed by atoms with E-state index in [2.05, 4.69) is 10.3 Å². The van der Waals surface area contributed by atoms with Gasteiger partial charge in [0.25, 0.3) is 0 Å². The van der Waals surface area contributed by atoms with Crippen LogP contribution in [0.3, 0.4) is 0 Å². The van der Waals surface area contributed by atoms with Crippen molar-refractivity contribution in [2.45, 2.75) is 46.1 Å². The Morgan fingerprint density at radius 1 is 1.44 bits per heavy atom. The largest absolute Gasteiger partial charge is 0.444 e. The van der Waals surface area contributed by atoms with E-state index < -0.39 is 17.5 Å². The van der Waals surface area contributed by atoms with Gasteiger partial charge in [-0.15, -0.1) is 0 Å². The number of hydrogen-bond acceptors (Lipinski definition) is 3. The number of ether oxygens (including phenoxy) is 1. The van der Waals surface area contributed by atoms with E-state index in [9.17, 15) is 9.18 Å². The quantitative estimate of drug-likeness (QED) is 0.875. The average Bonchev–Trinajstić information content (AvgIpc) is 2.18. The average molecular weight is 254 g/mol. The zero-order chi connectivity index (χ0) is 13.9. The van der Waals surface area contributed by atoms with E-state index >= 15 is 0 Å². The predicted molar refractivity (Wildman–Crippen MR) is 68.1 cm³/mol. The highest BCUT2D eigenvalue weighted by molar-refractivity contribution is 5.85. The first-order valence-corrected chi connectivity index (χ1v) is 5.84. The number of aromatic nitrogens is 1. The molecule has 0 aliphatic rings. The lowest BCUT2D eigenvalue weighted by Gasteiger charge is -2.20. The van der Waals surface area contributed by atoms with Gasteiger partial charge < -0.3 is 4.74 Å². The van der Waals surface area contributed by atoms with Gasteiger partial charge in [-0.2, -0.15) is 0 Å². The fraction of sp³-hybridized carbons (Fsp3) is 0.538. The Bertz CT molecular complexity index is 439. The van der Waals surface area contributed by atoms with E-state index in [1.54, 1.807) is 20.8 Å². The van der Waals surface area contributed by atoms with Crippen LogP contribution < -0.4 is 5.32 Å². The number of carbonyl (C=O) groups is 1. The Morgan fingerprint density at radius 2 is 2.06 bits per heavy atom. The van der Waals surface area contributed by atoms with Crippen LogP contribution in [0, 0.1) is 5.82 Å². The topological polar surface area (TPSA) is 51.2 Å². The second-order valence-corrected chi connectivity index (χ2v) is 5.37. The third kappa shape index (κ3) is 4.31. The number of halogens is 1. The second kappa shape index (κ2) is 5.33. The Kier molecular flexibility index (Phi) is 4.27. The van der Waals surface area contributed by atoms with Crippen molar-refractivity contribution in [1.29, 1.82) is 0 Å². The number of hydrogen-bond donors (Lipinski definition) is 1. The number of nitrogens with zero attached hydrogens (tertiary/aromatic N) is 1. The van der Waals surface area contributed by atoms with Crippen molar-refractivity contribution >= 4 is 11.8 Å². The van der Waals surface area contributed by atoms with Gasteiger partial charge in [0.1, 0.15) is 5.60 Å². The van der Waals surface area contributed by atoms with Gasteiger partial charge >= 0.3 is 6.09 Å². The molecule has 1 rings (SSSR count). The van der Waals surface area contributed by atoms with Crippen LogP contribution in [0.5, 0.6) is 0 Å². The van der Waals surface area contributed by atoms with E-state index in [0.717, 1.165) is 6.20 Å². The standard InChI is InChI=1S/C13H19FN2O2/c1-8(2)10-6-11(9(14)7-15-10)16-12(17)18-13(3,4)5/h6-8H,1-5H3,(H,15,16,17). The van der Waals surface area contributed by atoms with Gasteiger partial charge in [0.2, 0.25) is 0 Å². The number of anilines is 1. The molecule has 1 amide bonds. The molecule has 0 radical (unpaired) electrons. The first kappa shape index (κ1) is 14.4. The molecule has 0 fully saturated rings. The summed E-state index contributed by atoms with van der Waals surface area (Å²) in [5, 5.41) is 2.39. The second-order valence-electron chi connectivity index (χ2n) is 5.37. The molecule has 1 heterocycles. The third-order valence-electron chi connectivity index (χ3n) is 2.10. The highest BCUT2D eigenvalue weighted by Crippen LogP contribution is 2.20. The number of pyridine rings is 1.